The number of halogens is 3. The second kappa shape index (κ2) is 6.32. The molecule has 0 atom stereocenters. The van der Waals surface area contributed by atoms with E-state index in [1.54, 1.807) is 11.9 Å². The third-order valence-electron chi connectivity index (χ3n) is 3.70. The van der Waals surface area contributed by atoms with E-state index < -0.39 is 9.05 Å². The lowest BCUT2D eigenvalue weighted by Gasteiger charge is -2.24. The van der Waals surface area contributed by atoms with E-state index in [0.29, 0.717) is 0 Å². The lowest BCUT2D eigenvalue weighted by atomic mass is 10.1. The Balaban J connectivity index is 2.40. The van der Waals surface area contributed by atoms with Gasteiger partial charge < -0.3 is 4.90 Å². The van der Waals surface area contributed by atoms with Crippen LogP contribution in [0.4, 0.5) is 0 Å². The minimum absolute atomic E-state index is 0.0124. The molecule has 8 heteroatoms. The Labute approximate surface area is 138 Å². The fourth-order valence-electron chi connectivity index (χ4n) is 2.53. The Kier molecular flexibility index (Phi) is 5.08. The highest BCUT2D eigenvalue weighted by atomic mass is 35.7. The average Bonchev–Trinajstić information content (AvgIpc) is 2.92. The molecule has 21 heavy (non-hydrogen) atoms. The van der Waals surface area contributed by atoms with Crippen LogP contribution in [0, 0.1) is 0 Å². The summed E-state index contributed by atoms with van der Waals surface area (Å²) in [6.07, 6.45) is 4.07. The van der Waals surface area contributed by atoms with Crippen molar-refractivity contribution in [2.24, 2.45) is 0 Å². The first kappa shape index (κ1) is 16.9. The highest BCUT2D eigenvalue weighted by molar-refractivity contribution is 8.13. The van der Waals surface area contributed by atoms with Crippen LogP contribution in [0.3, 0.4) is 0 Å². The zero-order valence-electron chi connectivity index (χ0n) is 11.3. The minimum Gasteiger partial charge on any atom is -0.339 e. The summed E-state index contributed by atoms with van der Waals surface area (Å²) in [5.74, 6) is -0.290. The monoisotopic (exact) mass is 369 g/mol. The van der Waals surface area contributed by atoms with E-state index in [2.05, 4.69) is 0 Å². The molecule has 116 valence electrons. The number of hydrogen-bond donors (Lipinski definition) is 0. The normalized spacial score (nSPS) is 16.2. The van der Waals surface area contributed by atoms with Gasteiger partial charge in [0.15, 0.2) is 0 Å². The SMILES string of the molecule is CN(C(=O)c1cc(Cl)c(Cl)c(S(=O)(=O)Cl)c1)C1CCCC1. The summed E-state index contributed by atoms with van der Waals surface area (Å²) in [5.41, 5.74) is 0.165. The predicted octanol–water partition coefficient (Wildman–Crippen LogP) is 3.94. The molecule has 0 saturated heterocycles. The van der Waals surface area contributed by atoms with Gasteiger partial charge in [-0.05, 0) is 25.0 Å². The molecule has 1 aromatic carbocycles. The molecule has 1 aliphatic rings. The first-order valence-corrected chi connectivity index (χ1v) is 9.49. The second-order valence-corrected chi connectivity index (χ2v) is 8.38. The van der Waals surface area contributed by atoms with Crippen molar-refractivity contribution in [2.75, 3.05) is 7.05 Å². The van der Waals surface area contributed by atoms with Crippen LogP contribution in [-0.2, 0) is 9.05 Å². The van der Waals surface area contributed by atoms with Gasteiger partial charge in [-0.1, -0.05) is 36.0 Å². The lowest BCUT2D eigenvalue weighted by molar-refractivity contribution is 0.0735. The molecule has 1 aromatic rings. The van der Waals surface area contributed by atoms with Crippen molar-refractivity contribution in [3.63, 3.8) is 0 Å². The van der Waals surface area contributed by atoms with Gasteiger partial charge in [-0.2, -0.15) is 0 Å². The average molecular weight is 371 g/mol. The van der Waals surface area contributed by atoms with Crippen LogP contribution in [0.5, 0.6) is 0 Å². The summed E-state index contributed by atoms with van der Waals surface area (Å²) in [5, 5.41) is -0.187. The molecule has 0 bridgehead atoms. The van der Waals surface area contributed by atoms with Gasteiger partial charge in [0.1, 0.15) is 4.90 Å². The molecule has 4 nitrogen and oxygen atoms in total. The smallest absolute Gasteiger partial charge is 0.262 e. The summed E-state index contributed by atoms with van der Waals surface area (Å²) >= 11 is 11.7. The Bertz CT molecular complexity index is 669. The van der Waals surface area contributed by atoms with Gasteiger partial charge in [-0.15, -0.1) is 0 Å². The molecule has 1 saturated carbocycles. The molecule has 0 heterocycles. The van der Waals surface area contributed by atoms with Crippen LogP contribution in [0.15, 0.2) is 17.0 Å². The predicted molar refractivity (Wildman–Crippen MR) is 83.9 cm³/mol. The van der Waals surface area contributed by atoms with Crippen molar-refractivity contribution in [1.29, 1.82) is 0 Å². The fourth-order valence-corrected chi connectivity index (χ4v) is 4.29. The summed E-state index contributed by atoms with van der Waals surface area (Å²) < 4.78 is 23.0. The highest BCUT2D eigenvalue weighted by Gasteiger charge is 2.27. The summed E-state index contributed by atoms with van der Waals surface area (Å²) in [4.78, 5) is 13.7. The van der Waals surface area contributed by atoms with Gasteiger partial charge in [0.05, 0.1) is 10.0 Å². The van der Waals surface area contributed by atoms with Crippen LogP contribution in [0.2, 0.25) is 10.0 Å². The van der Waals surface area contributed by atoms with Crippen LogP contribution in [-0.4, -0.2) is 32.3 Å². The van der Waals surface area contributed by atoms with Gasteiger partial charge in [0.2, 0.25) is 0 Å². The standard InChI is InChI=1S/C13H14Cl3NO3S/c1-17(9-4-2-3-5-9)13(18)8-6-10(14)12(15)11(7-8)21(16,19)20/h6-7,9H,2-5H2,1H3. The van der Waals surface area contributed by atoms with Crippen molar-refractivity contribution >= 4 is 48.8 Å². The number of amides is 1. The van der Waals surface area contributed by atoms with E-state index in [1.807, 2.05) is 0 Å². The van der Waals surface area contributed by atoms with E-state index in [0.717, 1.165) is 25.7 Å². The Morgan fingerprint density at radius 1 is 1.24 bits per heavy atom. The van der Waals surface area contributed by atoms with Crippen LogP contribution in [0.25, 0.3) is 0 Å². The van der Waals surface area contributed by atoms with E-state index in [9.17, 15) is 13.2 Å². The summed E-state index contributed by atoms with van der Waals surface area (Å²) in [6, 6.07) is 2.70. The second-order valence-electron chi connectivity index (χ2n) is 5.06. The zero-order valence-corrected chi connectivity index (χ0v) is 14.4. The maximum Gasteiger partial charge on any atom is 0.262 e. The molecule has 0 aliphatic heterocycles. The molecular formula is C13H14Cl3NO3S. The maximum absolute atomic E-state index is 12.5. The summed E-state index contributed by atoms with van der Waals surface area (Å²) in [7, 11) is 2.96. The fraction of sp³-hybridized carbons (Fsp3) is 0.462. The maximum atomic E-state index is 12.5. The molecule has 1 aliphatic carbocycles. The molecule has 0 spiro atoms. The Morgan fingerprint density at radius 3 is 2.33 bits per heavy atom. The first-order valence-electron chi connectivity index (χ1n) is 6.42. The van der Waals surface area contributed by atoms with Crippen LogP contribution in [0.1, 0.15) is 36.0 Å². The molecule has 2 rings (SSSR count). The number of rotatable bonds is 3. The molecule has 0 radical (unpaired) electrons. The molecule has 1 fully saturated rings. The number of benzene rings is 1. The van der Waals surface area contributed by atoms with Crippen molar-refractivity contribution in [2.45, 2.75) is 36.6 Å². The zero-order chi connectivity index (χ0) is 15.8. The largest absolute Gasteiger partial charge is 0.339 e. The number of carbonyl (C=O) groups excluding carboxylic acids is 1. The van der Waals surface area contributed by atoms with Gasteiger partial charge in [-0.25, -0.2) is 8.42 Å². The van der Waals surface area contributed by atoms with E-state index in [1.165, 1.54) is 12.1 Å². The molecule has 0 aromatic heterocycles. The van der Waals surface area contributed by atoms with Gasteiger partial charge in [0.25, 0.3) is 15.0 Å². The van der Waals surface area contributed by atoms with Crippen molar-refractivity contribution in [1.82, 2.24) is 4.90 Å². The lowest BCUT2D eigenvalue weighted by Crippen LogP contribution is -2.35. The van der Waals surface area contributed by atoms with Crippen molar-refractivity contribution in [3.05, 3.63) is 27.7 Å². The molecule has 0 N–H and O–H groups in total. The minimum atomic E-state index is -4.07. The van der Waals surface area contributed by atoms with E-state index in [-0.39, 0.29) is 32.5 Å². The Hall–Kier alpha value is -0.490. The van der Waals surface area contributed by atoms with E-state index in [4.69, 9.17) is 33.9 Å². The number of nitrogens with zero attached hydrogens (tertiary/aromatic N) is 1. The molecule has 1 amide bonds. The van der Waals surface area contributed by atoms with Gasteiger partial charge >= 0.3 is 0 Å². The third-order valence-corrected chi connectivity index (χ3v) is 5.96. The van der Waals surface area contributed by atoms with E-state index >= 15 is 0 Å². The van der Waals surface area contributed by atoms with Gasteiger partial charge in [-0.3, -0.25) is 4.79 Å². The van der Waals surface area contributed by atoms with Crippen molar-refractivity contribution in [3.8, 4) is 0 Å². The first-order chi connectivity index (χ1) is 9.71. The van der Waals surface area contributed by atoms with Crippen LogP contribution < -0.4 is 0 Å². The highest BCUT2D eigenvalue weighted by Crippen LogP contribution is 2.33. The molecular weight excluding hydrogens is 357 g/mol. The number of carbonyl (C=O) groups is 1. The third kappa shape index (κ3) is 3.65. The topological polar surface area (TPSA) is 54.5 Å². The van der Waals surface area contributed by atoms with Crippen molar-refractivity contribution < 1.29 is 13.2 Å². The van der Waals surface area contributed by atoms with Crippen LogP contribution >= 0.6 is 33.9 Å². The van der Waals surface area contributed by atoms with Gasteiger partial charge in [0, 0.05) is 29.3 Å². The molecule has 0 unspecified atom stereocenters. The Morgan fingerprint density at radius 2 is 1.81 bits per heavy atom. The number of hydrogen-bond acceptors (Lipinski definition) is 3. The quantitative estimate of drug-likeness (QED) is 0.757. The summed E-state index contributed by atoms with van der Waals surface area (Å²) in [6.45, 7) is 0.